The van der Waals surface area contributed by atoms with Gasteiger partial charge in [-0.25, -0.2) is 0 Å². The minimum Gasteiger partial charge on any atom is -0.493 e. The number of halogens is 1. The van der Waals surface area contributed by atoms with Gasteiger partial charge >= 0.3 is 0 Å². The third-order valence-corrected chi connectivity index (χ3v) is 3.98. The highest BCUT2D eigenvalue weighted by Crippen LogP contribution is 2.37. The van der Waals surface area contributed by atoms with Crippen LogP contribution in [0.25, 0.3) is 0 Å². The highest BCUT2D eigenvalue weighted by atomic mass is 35.5. The first-order valence-corrected chi connectivity index (χ1v) is 7.83. The fourth-order valence-electron chi connectivity index (χ4n) is 1.87. The quantitative estimate of drug-likeness (QED) is 0.581. The van der Waals surface area contributed by atoms with Crippen molar-refractivity contribution in [1.29, 1.82) is 0 Å². The molecule has 1 N–H and O–H groups in total. The summed E-state index contributed by atoms with van der Waals surface area (Å²) in [6.07, 6.45) is 1.82. The summed E-state index contributed by atoms with van der Waals surface area (Å²) >= 11 is 7.97. The Kier molecular flexibility index (Phi) is 6.11. The van der Waals surface area contributed by atoms with Crippen molar-refractivity contribution >= 4 is 22.9 Å². The van der Waals surface area contributed by atoms with Crippen molar-refractivity contribution in [3.05, 3.63) is 57.8 Å². The maximum atomic E-state index is 6.32. The molecule has 0 aliphatic heterocycles. The lowest BCUT2D eigenvalue weighted by molar-refractivity contribution is 0.287. The molecule has 0 amide bonds. The van der Waals surface area contributed by atoms with Gasteiger partial charge in [0, 0.05) is 18.0 Å². The van der Waals surface area contributed by atoms with Crippen molar-refractivity contribution in [1.82, 2.24) is 5.32 Å². The van der Waals surface area contributed by atoms with Crippen LogP contribution in [0.1, 0.15) is 10.4 Å². The fraction of sp³-hybridized carbons (Fsp3) is 0.250. The summed E-state index contributed by atoms with van der Waals surface area (Å²) < 4.78 is 11.2. The van der Waals surface area contributed by atoms with Gasteiger partial charge in [-0.15, -0.1) is 17.9 Å². The molecule has 1 aromatic heterocycles. The van der Waals surface area contributed by atoms with E-state index in [2.05, 4.69) is 11.9 Å². The lowest BCUT2D eigenvalue weighted by atomic mass is 10.2. The number of benzene rings is 1. The molecule has 0 saturated carbocycles. The number of methoxy groups -OCH3 is 1. The zero-order valence-corrected chi connectivity index (χ0v) is 13.5. The van der Waals surface area contributed by atoms with Gasteiger partial charge in [0.25, 0.3) is 0 Å². The van der Waals surface area contributed by atoms with Gasteiger partial charge in [-0.2, -0.15) is 0 Å². The topological polar surface area (TPSA) is 30.5 Å². The molecule has 0 aliphatic carbocycles. The second-order valence-electron chi connectivity index (χ2n) is 4.40. The molecule has 2 aromatic rings. The molecule has 0 saturated heterocycles. The van der Waals surface area contributed by atoms with Gasteiger partial charge in [0.05, 0.1) is 12.1 Å². The summed E-state index contributed by atoms with van der Waals surface area (Å²) in [6.45, 7) is 5.61. The molecular formula is C16H18ClNO2S. The van der Waals surface area contributed by atoms with Crippen LogP contribution in [0.3, 0.4) is 0 Å². The van der Waals surface area contributed by atoms with Crippen LogP contribution >= 0.6 is 22.9 Å². The lowest BCUT2D eigenvalue weighted by Gasteiger charge is -2.14. The number of thiophene rings is 1. The molecule has 0 spiro atoms. The Morgan fingerprint density at radius 1 is 1.43 bits per heavy atom. The Labute approximate surface area is 134 Å². The van der Waals surface area contributed by atoms with Crippen molar-refractivity contribution in [2.45, 2.75) is 13.2 Å². The van der Waals surface area contributed by atoms with E-state index in [1.54, 1.807) is 18.4 Å². The highest BCUT2D eigenvalue weighted by Gasteiger charge is 2.12. The summed E-state index contributed by atoms with van der Waals surface area (Å²) in [5, 5.41) is 5.81. The van der Waals surface area contributed by atoms with Crippen LogP contribution in [0.4, 0.5) is 0 Å². The van der Waals surface area contributed by atoms with Crippen LogP contribution < -0.4 is 14.8 Å². The van der Waals surface area contributed by atoms with Crippen molar-refractivity contribution < 1.29 is 9.47 Å². The van der Waals surface area contributed by atoms with Gasteiger partial charge in [-0.05, 0) is 29.1 Å². The van der Waals surface area contributed by atoms with E-state index in [0.29, 0.717) is 29.7 Å². The van der Waals surface area contributed by atoms with Gasteiger partial charge in [0.2, 0.25) is 0 Å². The van der Waals surface area contributed by atoms with E-state index in [1.807, 2.05) is 35.7 Å². The van der Waals surface area contributed by atoms with E-state index < -0.39 is 0 Å². The van der Waals surface area contributed by atoms with E-state index in [0.717, 1.165) is 17.0 Å². The molecule has 0 radical (unpaired) electrons. The molecule has 0 aliphatic rings. The van der Waals surface area contributed by atoms with Crippen LogP contribution in [-0.4, -0.2) is 13.7 Å². The van der Waals surface area contributed by atoms with E-state index in [-0.39, 0.29) is 0 Å². The summed E-state index contributed by atoms with van der Waals surface area (Å²) in [5.41, 5.74) is 1.04. The van der Waals surface area contributed by atoms with Gasteiger partial charge in [-0.3, -0.25) is 0 Å². The maximum absolute atomic E-state index is 6.32. The Bertz CT molecular complexity index is 584. The smallest absolute Gasteiger partial charge is 0.180 e. The van der Waals surface area contributed by atoms with E-state index in [4.69, 9.17) is 21.1 Å². The molecule has 0 fully saturated rings. The Morgan fingerprint density at radius 3 is 2.95 bits per heavy atom. The average Bonchev–Trinajstić information content (AvgIpc) is 2.99. The highest BCUT2D eigenvalue weighted by molar-refractivity contribution is 7.09. The Balaban J connectivity index is 2.10. The molecule has 2 rings (SSSR count). The summed E-state index contributed by atoms with van der Waals surface area (Å²) in [6, 6.07) is 7.85. The van der Waals surface area contributed by atoms with Gasteiger partial charge in [-0.1, -0.05) is 23.7 Å². The van der Waals surface area contributed by atoms with Gasteiger partial charge in [0.15, 0.2) is 11.5 Å². The van der Waals surface area contributed by atoms with Crippen LogP contribution in [-0.2, 0) is 13.2 Å². The van der Waals surface area contributed by atoms with Crippen LogP contribution in [0.5, 0.6) is 11.5 Å². The van der Waals surface area contributed by atoms with Crippen molar-refractivity contribution in [2.24, 2.45) is 0 Å². The second kappa shape index (κ2) is 8.08. The fourth-order valence-corrected chi connectivity index (χ4v) is 2.78. The largest absolute Gasteiger partial charge is 0.493 e. The lowest BCUT2D eigenvalue weighted by Crippen LogP contribution is -2.12. The monoisotopic (exact) mass is 323 g/mol. The molecule has 5 heteroatoms. The molecular weight excluding hydrogens is 306 g/mol. The molecule has 112 valence electrons. The maximum Gasteiger partial charge on any atom is 0.180 e. The number of hydrogen-bond donors (Lipinski definition) is 1. The SMILES string of the molecule is C=CCNCc1cc(Cl)c(OCc2cccs2)c(OC)c1. The number of rotatable bonds is 8. The van der Waals surface area contributed by atoms with Gasteiger partial charge < -0.3 is 14.8 Å². The summed E-state index contributed by atoms with van der Waals surface area (Å²) in [7, 11) is 1.62. The molecule has 0 unspecified atom stereocenters. The van der Waals surface area contributed by atoms with Crippen LogP contribution in [0.15, 0.2) is 42.3 Å². The number of ether oxygens (including phenoxy) is 2. The van der Waals surface area contributed by atoms with Crippen LogP contribution in [0, 0.1) is 0 Å². The molecule has 1 aromatic carbocycles. The second-order valence-corrected chi connectivity index (χ2v) is 5.84. The third-order valence-electron chi connectivity index (χ3n) is 2.85. The summed E-state index contributed by atoms with van der Waals surface area (Å²) in [5.74, 6) is 1.23. The minimum atomic E-state index is 0.488. The van der Waals surface area contributed by atoms with E-state index in [9.17, 15) is 0 Å². The van der Waals surface area contributed by atoms with E-state index in [1.165, 1.54) is 0 Å². The minimum absolute atomic E-state index is 0.488. The van der Waals surface area contributed by atoms with Crippen LogP contribution in [0.2, 0.25) is 5.02 Å². The van der Waals surface area contributed by atoms with Crippen molar-refractivity contribution in [3.63, 3.8) is 0 Å². The predicted octanol–water partition coefficient (Wildman–Crippen LogP) is 4.26. The molecule has 3 nitrogen and oxygen atoms in total. The average molecular weight is 324 g/mol. The zero-order chi connectivity index (χ0) is 15.1. The van der Waals surface area contributed by atoms with Crippen molar-refractivity contribution in [2.75, 3.05) is 13.7 Å². The van der Waals surface area contributed by atoms with Crippen molar-refractivity contribution in [3.8, 4) is 11.5 Å². The molecule has 0 bridgehead atoms. The number of hydrogen-bond acceptors (Lipinski definition) is 4. The first-order chi connectivity index (χ1) is 10.2. The Hall–Kier alpha value is -1.49. The van der Waals surface area contributed by atoms with Gasteiger partial charge in [0.1, 0.15) is 6.61 Å². The molecule has 1 heterocycles. The molecule has 0 atom stereocenters. The Morgan fingerprint density at radius 2 is 2.29 bits per heavy atom. The first kappa shape index (κ1) is 15.9. The standard InChI is InChI=1S/C16H18ClNO2S/c1-3-6-18-10-12-8-14(17)16(15(9-12)19-2)20-11-13-5-4-7-21-13/h3-5,7-9,18H,1,6,10-11H2,2H3. The zero-order valence-electron chi connectivity index (χ0n) is 11.9. The first-order valence-electron chi connectivity index (χ1n) is 6.57. The molecule has 21 heavy (non-hydrogen) atoms. The third kappa shape index (κ3) is 4.49. The predicted molar refractivity (Wildman–Crippen MR) is 88.6 cm³/mol. The number of nitrogens with one attached hydrogen (secondary N) is 1. The summed E-state index contributed by atoms with van der Waals surface area (Å²) in [4.78, 5) is 1.14. The van der Waals surface area contributed by atoms with E-state index >= 15 is 0 Å². The normalized spacial score (nSPS) is 10.4.